The minimum Gasteiger partial charge on any atom is -0.480 e. The van der Waals surface area contributed by atoms with Gasteiger partial charge in [-0.2, -0.15) is 10.4 Å². The van der Waals surface area contributed by atoms with Gasteiger partial charge in [0.2, 0.25) is 5.91 Å². The third kappa shape index (κ3) is 2.68. The molecule has 2 fully saturated rings. The molecule has 0 radical (unpaired) electrons. The lowest BCUT2D eigenvalue weighted by molar-refractivity contribution is -0.125. The van der Waals surface area contributed by atoms with Crippen LogP contribution in [0.1, 0.15) is 19.8 Å². The van der Waals surface area contributed by atoms with Crippen LogP contribution in [0.25, 0.3) is 16.8 Å². The average molecular weight is 443 g/mol. The molecule has 10 nitrogen and oxygen atoms in total. The summed E-state index contributed by atoms with van der Waals surface area (Å²) in [7, 11) is 1.66. The maximum atomic E-state index is 13.6. The minimum atomic E-state index is -0.993. The maximum Gasteiger partial charge on any atom is 0.265 e. The average Bonchev–Trinajstić information content (AvgIpc) is 3.50. The quantitative estimate of drug-likeness (QED) is 0.608. The summed E-state index contributed by atoms with van der Waals surface area (Å²) < 4.78 is 7.25. The molecule has 6 rings (SSSR count). The number of anilines is 2. The van der Waals surface area contributed by atoms with Gasteiger partial charge >= 0.3 is 0 Å². The number of pyridine rings is 1. The summed E-state index contributed by atoms with van der Waals surface area (Å²) >= 11 is 0. The molecule has 1 saturated heterocycles. The summed E-state index contributed by atoms with van der Waals surface area (Å²) in [6, 6.07) is 5.96. The molecule has 166 valence electrons. The number of aromatic nitrogens is 4. The Hall–Kier alpha value is -4.00. The van der Waals surface area contributed by atoms with E-state index in [1.54, 1.807) is 41.1 Å². The van der Waals surface area contributed by atoms with E-state index in [4.69, 9.17) is 9.72 Å². The van der Waals surface area contributed by atoms with Crippen LogP contribution in [0.5, 0.6) is 5.75 Å². The fourth-order valence-electron chi connectivity index (χ4n) is 5.02. The van der Waals surface area contributed by atoms with Crippen LogP contribution in [0.15, 0.2) is 30.7 Å². The Balaban J connectivity index is 1.46. The monoisotopic (exact) mass is 443 g/mol. The number of hydrogen-bond acceptors (Lipinski definition) is 7. The molecular formula is C23H21N7O3. The molecule has 2 atom stereocenters. The summed E-state index contributed by atoms with van der Waals surface area (Å²) in [4.78, 5) is 37.8. The smallest absolute Gasteiger partial charge is 0.265 e. The summed E-state index contributed by atoms with van der Waals surface area (Å²) in [6.07, 6.45) is 6.86. The summed E-state index contributed by atoms with van der Waals surface area (Å²) in [5.41, 5.74) is 0.924. The predicted molar refractivity (Wildman–Crippen MR) is 117 cm³/mol. The van der Waals surface area contributed by atoms with Gasteiger partial charge < -0.3 is 4.74 Å². The van der Waals surface area contributed by atoms with Crippen LogP contribution in [-0.4, -0.2) is 51.6 Å². The van der Waals surface area contributed by atoms with Gasteiger partial charge in [0.25, 0.3) is 5.91 Å². The molecule has 0 unspecified atom stereocenters. The second-order valence-corrected chi connectivity index (χ2v) is 8.97. The highest BCUT2D eigenvalue weighted by Crippen LogP contribution is 2.54. The van der Waals surface area contributed by atoms with Crippen molar-refractivity contribution in [2.45, 2.75) is 19.8 Å². The first-order chi connectivity index (χ1) is 15.9. The summed E-state index contributed by atoms with van der Waals surface area (Å²) in [6.45, 7) is 2.35. The van der Waals surface area contributed by atoms with E-state index < -0.39 is 5.41 Å². The molecule has 3 aromatic rings. The number of carbonyl (C=O) groups is 2. The number of hydrogen-bond donors (Lipinski definition) is 0. The highest BCUT2D eigenvalue weighted by molar-refractivity contribution is 6.04. The molecule has 10 heteroatoms. The lowest BCUT2D eigenvalue weighted by Gasteiger charge is -2.25. The number of fused-ring (bicyclic) bond motifs is 2. The SMILES string of the molecule is C[C@@H]1CN(c2nc(-c3cnc4c(c3)OCC(=O)N4C)cn3nccc23)C(=O)[C@]1(C#N)C1CC1. The Labute approximate surface area is 189 Å². The van der Waals surface area contributed by atoms with E-state index in [2.05, 4.69) is 16.2 Å². The van der Waals surface area contributed by atoms with Crippen molar-refractivity contribution < 1.29 is 14.3 Å². The van der Waals surface area contributed by atoms with Crippen molar-refractivity contribution in [1.82, 2.24) is 19.6 Å². The van der Waals surface area contributed by atoms with E-state index in [1.165, 1.54) is 4.90 Å². The summed E-state index contributed by atoms with van der Waals surface area (Å²) in [5, 5.41) is 14.4. The van der Waals surface area contributed by atoms with Crippen molar-refractivity contribution in [3.8, 4) is 23.1 Å². The van der Waals surface area contributed by atoms with Gasteiger partial charge in [-0.25, -0.2) is 14.5 Å². The second kappa shape index (κ2) is 6.75. The second-order valence-electron chi connectivity index (χ2n) is 8.97. The number of ether oxygens (including phenoxy) is 1. The van der Waals surface area contributed by atoms with E-state index in [0.29, 0.717) is 40.7 Å². The first-order valence-electron chi connectivity index (χ1n) is 10.9. The molecule has 1 aliphatic carbocycles. The van der Waals surface area contributed by atoms with Crippen LogP contribution in [0.4, 0.5) is 11.6 Å². The van der Waals surface area contributed by atoms with Crippen molar-refractivity contribution in [3.63, 3.8) is 0 Å². The molecule has 5 heterocycles. The molecule has 2 amide bonds. The molecule has 0 spiro atoms. The van der Waals surface area contributed by atoms with Crippen molar-refractivity contribution in [3.05, 3.63) is 30.7 Å². The van der Waals surface area contributed by atoms with Crippen molar-refractivity contribution in [2.24, 2.45) is 17.3 Å². The zero-order valence-corrected chi connectivity index (χ0v) is 18.2. The first kappa shape index (κ1) is 19.7. The highest BCUT2D eigenvalue weighted by atomic mass is 16.5. The molecule has 3 aliphatic rings. The third-order valence-corrected chi connectivity index (χ3v) is 7.04. The fraction of sp³-hybridized carbons (Fsp3) is 0.391. The van der Waals surface area contributed by atoms with Crippen LogP contribution < -0.4 is 14.5 Å². The van der Waals surface area contributed by atoms with Gasteiger partial charge in [-0.15, -0.1) is 0 Å². The van der Waals surface area contributed by atoms with Gasteiger partial charge in [-0.05, 0) is 30.9 Å². The minimum absolute atomic E-state index is 0.0525. The maximum absolute atomic E-state index is 13.6. The van der Waals surface area contributed by atoms with E-state index in [0.717, 1.165) is 12.8 Å². The lowest BCUT2D eigenvalue weighted by Crippen LogP contribution is -2.37. The number of likely N-dealkylation sites (N-methyl/N-ethyl adjacent to an activating group) is 1. The fourth-order valence-corrected chi connectivity index (χ4v) is 5.02. The van der Waals surface area contributed by atoms with E-state index >= 15 is 0 Å². The van der Waals surface area contributed by atoms with Crippen LogP contribution in [-0.2, 0) is 9.59 Å². The highest BCUT2D eigenvalue weighted by Gasteiger charge is 2.61. The van der Waals surface area contributed by atoms with E-state index in [1.807, 2.05) is 13.0 Å². The van der Waals surface area contributed by atoms with Gasteiger partial charge in [0.05, 0.1) is 24.2 Å². The third-order valence-electron chi connectivity index (χ3n) is 7.04. The molecular weight excluding hydrogens is 422 g/mol. The van der Waals surface area contributed by atoms with Crippen molar-refractivity contribution in [2.75, 3.05) is 30.0 Å². The molecule has 33 heavy (non-hydrogen) atoms. The van der Waals surface area contributed by atoms with Gasteiger partial charge in [0, 0.05) is 31.3 Å². The lowest BCUT2D eigenvalue weighted by atomic mass is 9.75. The number of amides is 2. The number of rotatable bonds is 3. The Morgan fingerprint density at radius 2 is 2.09 bits per heavy atom. The molecule has 0 aromatic carbocycles. The van der Waals surface area contributed by atoms with Crippen LogP contribution in [0.2, 0.25) is 0 Å². The number of nitriles is 1. The largest absolute Gasteiger partial charge is 0.480 e. The normalized spacial score (nSPS) is 24.7. The Morgan fingerprint density at radius 3 is 2.85 bits per heavy atom. The van der Waals surface area contributed by atoms with Gasteiger partial charge in [0.1, 0.15) is 10.9 Å². The Morgan fingerprint density at radius 1 is 1.27 bits per heavy atom. The standard InChI is InChI=1S/C23H21N7O3/c1-13-9-29(22(32)23(13,12-24)15-3-4-15)20-17-5-6-26-30(17)10-16(27-20)14-7-18-21(25-8-14)28(2)19(31)11-33-18/h5-8,10,13,15H,3-4,9,11H2,1-2H3/t13-,23+/m1/s1. The molecule has 0 N–H and O–H groups in total. The van der Waals surface area contributed by atoms with Gasteiger partial charge in [-0.3, -0.25) is 19.4 Å². The first-order valence-corrected chi connectivity index (χ1v) is 10.9. The van der Waals surface area contributed by atoms with Gasteiger partial charge in [-0.1, -0.05) is 6.92 Å². The zero-order chi connectivity index (χ0) is 22.9. The molecule has 1 saturated carbocycles. The predicted octanol–water partition coefficient (Wildman–Crippen LogP) is 2.05. The van der Waals surface area contributed by atoms with Crippen LogP contribution in [0.3, 0.4) is 0 Å². The molecule has 0 bridgehead atoms. The van der Waals surface area contributed by atoms with E-state index in [-0.39, 0.29) is 30.3 Å². The molecule has 2 aliphatic heterocycles. The Kier molecular flexibility index (Phi) is 4.02. The summed E-state index contributed by atoms with van der Waals surface area (Å²) in [5.74, 6) is 1.08. The molecule has 3 aromatic heterocycles. The zero-order valence-electron chi connectivity index (χ0n) is 18.2. The topological polar surface area (TPSA) is 117 Å². The van der Waals surface area contributed by atoms with Crippen LogP contribution in [0, 0.1) is 28.6 Å². The van der Waals surface area contributed by atoms with Crippen molar-refractivity contribution >= 4 is 29.0 Å². The number of carbonyl (C=O) groups excluding carboxylic acids is 2. The number of nitrogens with zero attached hydrogens (tertiary/aromatic N) is 7. The van der Waals surface area contributed by atoms with Gasteiger partial charge in [0.15, 0.2) is 24.0 Å². The van der Waals surface area contributed by atoms with E-state index in [9.17, 15) is 14.9 Å². The van der Waals surface area contributed by atoms with Crippen molar-refractivity contribution in [1.29, 1.82) is 5.26 Å². The Bertz CT molecular complexity index is 1370. The van der Waals surface area contributed by atoms with Crippen LogP contribution >= 0.6 is 0 Å².